The molecule has 1 amide bonds. The van der Waals surface area contributed by atoms with Crippen LogP contribution in [0.3, 0.4) is 0 Å². The Hall–Kier alpha value is -1.80. The van der Waals surface area contributed by atoms with E-state index in [0.717, 1.165) is 11.3 Å². The second-order valence-corrected chi connectivity index (χ2v) is 29.5. The fourth-order valence-electron chi connectivity index (χ4n) is 4.31. The van der Waals surface area contributed by atoms with Crippen molar-refractivity contribution in [2.75, 3.05) is 6.61 Å². The Morgan fingerprint density at radius 2 is 1.67 bits per heavy atom. The van der Waals surface area contributed by atoms with Gasteiger partial charge in [0.2, 0.25) is 0 Å². The first kappa shape index (κ1) is 40.4. The number of amides is 1. The molecule has 2 aromatic rings. The van der Waals surface area contributed by atoms with Gasteiger partial charge in [-0.25, -0.2) is 18.0 Å². The predicted octanol–water partition coefficient (Wildman–Crippen LogP) is 8.74. The number of carbonyl (C=O) groups is 1. The highest BCUT2D eigenvalue weighted by Gasteiger charge is 2.42. The van der Waals surface area contributed by atoms with E-state index >= 15 is 4.39 Å². The third-order valence-corrected chi connectivity index (χ3v) is 23.8. The zero-order chi connectivity index (χ0) is 35.8. The van der Waals surface area contributed by atoms with Crippen LogP contribution in [0.25, 0.3) is 0 Å². The van der Waals surface area contributed by atoms with Gasteiger partial charge in [-0.3, -0.25) is 4.79 Å². The van der Waals surface area contributed by atoms with Crippen molar-refractivity contribution in [2.45, 2.75) is 140 Å². The van der Waals surface area contributed by atoms with E-state index in [1.807, 2.05) is 46.9 Å². The molecular weight excluding hydrogens is 656 g/mol. The molecule has 13 heteroatoms. The Morgan fingerprint density at radius 1 is 1.11 bits per heavy atom. The van der Waals surface area contributed by atoms with Gasteiger partial charge >= 0.3 is 0 Å². The summed E-state index contributed by atoms with van der Waals surface area (Å²) in [6.45, 7) is 29.9. The molecule has 0 saturated carbocycles. The van der Waals surface area contributed by atoms with Gasteiger partial charge in [-0.05, 0) is 64.7 Å². The van der Waals surface area contributed by atoms with Gasteiger partial charge in [0.1, 0.15) is 44.9 Å². The molecule has 2 atom stereocenters. The Bertz CT molecular complexity index is 1600. The van der Waals surface area contributed by atoms with Gasteiger partial charge < -0.3 is 9.53 Å². The second kappa shape index (κ2) is 14.0. The third-order valence-electron chi connectivity index (χ3n) is 9.33. The number of nitrogens with zero attached hydrogens (tertiary/aromatic N) is 3. The molecule has 258 valence electrons. The normalized spacial score (nSPS) is 15.9. The smallest absolute Gasteiger partial charge is 0.259 e. The molecule has 0 spiro atoms. The van der Waals surface area contributed by atoms with Crippen molar-refractivity contribution in [3.8, 4) is 6.07 Å². The lowest BCUT2D eigenvalue weighted by atomic mass is 9.85. The molecule has 0 saturated heterocycles. The van der Waals surface area contributed by atoms with Crippen LogP contribution < -0.4 is 4.39 Å². The van der Waals surface area contributed by atoms with Gasteiger partial charge in [0.15, 0.2) is 8.32 Å². The molecule has 0 radical (unpaired) electrons. The van der Waals surface area contributed by atoms with Crippen LogP contribution in [-0.4, -0.2) is 43.4 Å². The van der Waals surface area contributed by atoms with Gasteiger partial charge in [-0.1, -0.05) is 82.3 Å². The van der Waals surface area contributed by atoms with Crippen molar-refractivity contribution in [2.24, 2.45) is 4.36 Å². The van der Waals surface area contributed by atoms with Gasteiger partial charge in [-0.2, -0.15) is 5.26 Å². The number of carbonyl (C=O) groups excluding carboxylic acids is 1. The van der Waals surface area contributed by atoms with Crippen molar-refractivity contribution in [3.05, 3.63) is 45.3 Å². The van der Waals surface area contributed by atoms with Gasteiger partial charge in [0.25, 0.3) is 5.91 Å². The molecule has 8 nitrogen and oxygen atoms in total. The quantitative estimate of drug-likeness (QED) is 0.225. The molecule has 1 heterocycles. The minimum atomic E-state index is -3.57. The summed E-state index contributed by atoms with van der Waals surface area (Å²) in [6, 6.07) is 3.44. The first-order valence-corrected chi connectivity index (χ1v) is 24.0. The molecule has 0 bridgehead atoms. The minimum Gasteiger partial charge on any atom is -0.413 e. The lowest BCUT2D eigenvalue weighted by molar-refractivity contribution is -0.117. The fourth-order valence-corrected chi connectivity index (χ4v) is 12.5. The van der Waals surface area contributed by atoms with Gasteiger partial charge in [0, 0.05) is 0 Å². The molecule has 2 rings (SSSR count). The van der Waals surface area contributed by atoms with E-state index in [-0.39, 0.29) is 44.7 Å². The second-order valence-electron chi connectivity index (χ2n) is 16.1. The molecule has 0 aliphatic rings. The van der Waals surface area contributed by atoms with Crippen LogP contribution in [0.5, 0.6) is 0 Å². The Morgan fingerprint density at radius 3 is 2.13 bits per heavy atom. The van der Waals surface area contributed by atoms with Crippen LogP contribution in [0.15, 0.2) is 20.8 Å². The van der Waals surface area contributed by atoms with Crippen LogP contribution in [0.4, 0.5) is 4.39 Å². The molecule has 1 aromatic heterocycles. The highest BCUT2D eigenvalue weighted by Crippen LogP contribution is 2.40. The highest BCUT2D eigenvalue weighted by atomic mass is 32.2. The Balaban J connectivity index is 2.71. The average Bonchev–Trinajstić information content (AvgIpc) is 3.38. The van der Waals surface area contributed by atoms with E-state index in [1.165, 1.54) is 12.3 Å². The van der Waals surface area contributed by atoms with Crippen molar-refractivity contribution < 1.29 is 22.9 Å². The number of aromatic nitrogens is 1. The van der Waals surface area contributed by atoms with Crippen molar-refractivity contribution in [1.82, 2.24) is 9.37 Å². The lowest BCUT2D eigenvalue weighted by Crippen LogP contribution is -2.54. The van der Waals surface area contributed by atoms with E-state index in [9.17, 15) is 19.4 Å². The topological polar surface area (TPSA) is 125 Å². The van der Waals surface area contributed by atoms with Gasteiger partial charge in [-0.15, -0.1) is 15.7 Å². The first-order valence-electron chi connectivity index (χ1n) is 15.8. The predicted molar refractivity (Wildman–Crippen MR) is 192 cm³/mol. The number of nitriles is 1. The lowest BCUT2D eigenvalue weighted by Gasteiger charge is -2.38. The summed E-state index contributed by atoms with van der Waals surface area (Å²) in [7, 11) is -8.28. The molecule has 1 aromatic carbocycles. The van der Waals surface area contributed by atoms with Crippen molar-refractivity contribution in [3.63, 3.8) is 0 Å². The molecule has 2 N–H and O–H groups in total. The molecule has 0 fully saturated rings. The van der Waals surface area contributed by atoms with Crippen LogP contribution in [0.1, 0.15) is 115 Å². The number of aliphatic hydroxyl groups is 1. The molecule has 0 aliphatic heterocycles. The zero-order valence-corrected chi connectivity index (χ0v) is 34.1. The van der Waals surface area contributed by atoms with E-state index in [2.05, 4.69) is 68.4 Å². The SMILES string of the molecule is CC(C)c1cc(C#N)c(F)c(C(C)C)c1CC(=O)N=S(=O)(N[Si](C)(C)C(C)(C)C)c1cnc(C(C)(O)CO[Si](C)(C)C(C)(C)C)s1. The average molecular weight is 711 g/mol. The zero-order valence-electron chi connectivity index (χ0n) is 30.4. The summed E-state index contributed by atoms with van der Waals surface area (Å²) in [5, 5.41) is 21.0. The van der Waals surface area contributed by atoms with Gasteiger partial charge in [0.05, 0.1) is 24.8 Å². The van der Waals surface area contributed by atoms with Crippen molar-refractivity contribution in [1.29, 1.82) is 5.26 Å². The number of hydrogen-bond acceptors (Lipinski definition) is 7. The standard InChI is InChI=1S/C33H55FN4O4S2Si2/c1-21(2)24-16-23(18-35)29(34)28(22(3)4)25(24)17-26(39)37-44(41,38-45(12,13)31(5,6)7)27-19-36-30(43-27)33(11,40)20-42-46(14,15)32(8,9)10/h16,19,21-22,40H,17,20H2,1-15H3,(H,37,38,39,41). The van der Waals surface area contributed by atoms with E-state index in [0.29, 0.717) is 21.7 Å². The van der Waals surface area contributed by atoms with Crippen LogP contribution in [-0.2, 0) is 31.2 Å². The highest BCUT2D eigenvalue weighted by molar-refractivity contribution is 7.95. The molecular formula is C33H55FN4O4S2Si2. The first-order chi connectivity index (χ1) is 20.6. The summed E-state index contributed by atoms with van der Waals surface area (Å²) in [4.78, 5) is 18.3. The number of hydrogen-bond donors (Lipinski definition) is 2. The largest absolute Gasteiger partial charge is 0.413 e. The summed E-state index contributed by atoms with van der Waals surface area (Å²) in [5.74, 6) is -1.71. The Kier molecular flexibility index (Phi) is 12.3. The number of halogens is 1. The maximum absolute atomic E-state index is 15.5. The fraction of sp³-hybridized carbons (Fsp3) is 0.667. The summed E-state index contributed by atoms with van der Waals surface area (Å²) in [5.41, 5.74) is -0.0661. The van der Waals surface area contributed by atoms with Crippen LogP contribution >= 0.6 is 11.3 Å². The minimum absolute atomic E-state index is 0.0174. The number of thiazole rings is 1. The van der Waals surface area contributed by atoms with Crippen LogP contribution in [0.2, 0.25) is 36.3 Å². The number of rotatable bonds is 11. The third kappa shape index (κ3) is 9.00. The van der Waals surface area contributed by atoms with Crippen molar-refractivity contribution >= 4 is 43.7 Å². The van der Waals surface area contributed by atoms with E-state index in [1.54, 1.807) is 6.92 Å². The van der Waals surface area contributed by atoms with E-state index < -0.39 is 43.8 Å². The molecule has 46 heavy (non-hydrogen) atoms. The maximum atomic E-state index is 15.5. The summed E-state index contributed by atoms with van der Waals surface area (Å²) >= 11 is 1.04. The number of nitrogens with one attached hydrogen (secondary N) is 1. The number of benzene rings is 1. The molecule has 0 aliphatic carbocycles. The maximum Gasteiger partial charge on any atom is 0.259 e. The Labute approximate surface area is 283 Å². The summed E-state index contributed by atoms with van der Waals surface area (Å²) in [6.07, 6.45) is 1.14. The monoisotopic (exact) mass is 710 g/mol. The van der Waals surface area contributed by atoms with Crippen LogP contribution in [0, 0.1) is 17.1 Å². The summed E-state index contributed by atoms with van der Waals surface area (Å²) < 4.78 is 44.6. The molecule has 2 unspecified atom stereocenters. The van der Waals surface area contributed by atoms with E-state index in [4.69, 9.17) is 4.43 Å².